The SMILES string of the molecule is O=C1NC2(CCOCC2)C(=O)N1CC(O)c1ccc(Cl)cc1Cl. The van der Waals surface area contributed by atoms with E-state index in [9.17, 15) is 14.7 Å². The zero-order chi connectivity index (χ0) is 16.6. The number of β-amino-alcohol motifs (C(OH)–C–C–N with tert-alkyl or cyclic N) is 1. The van der Waals surface area contributed by atoms with Crippen LogP contribution in [0, 0.1) is 0 Å². The van der Waals surface area contributed by atoms with Crippen molar-refractivity contribution in [2.45, 2.75) is 24.5 Å². The van der Waals surface area contributed by atoms with Gasteiger partial charge in [0, 0.05) is 41.7 Å². The Morgan fingerprint density at radius 3 is 2.65 bits per heavy atom. The van der Waals surface area contributed by atoms with Crippen molar-refractivity contribution in [1.29, 1.82) is 0 Å². The van der Waals surface area contributed by atoms with Gasteiger partial charge in [0.15, 0.2) is 0 Å². The van der Waals surface area contributed by atoms with Crippen molar-refractivity contribution >= 4 is 35.1 Å². The Morgan fingerprint density at radius 1 is 1.30 bits per heavy atom. The molecule has 3 rings (SSSR count). The second kappa shape index (κ2) is 6.28. The van der Waals surface area contributed by atoms with Crippen LogP contribution in [0.15, 0.2) is 18.2 Å². The number of hydrogen-bond acceptors (Lipinski definition) is 4. The van der Waals surface area contributed by atoms with Gasteiger partial charge in [0.2, 0.25) is 0 Å². The lowest BCUT2D eigenvalue weighted by Gasteiger charge is -2.30. The molecule has 2 aliphatic heterocycles. The third-order valence-electron chi connectivity index (χ3n) is 4.27. The highest BCUT2D eigenvalue weighted by atomic mass is 35.5. The van der Waals surface area contributed by atoms with E-state index in [0.717, 1.165) is 4.90 Å². The third kappa shape index (κ3) is 3.04. The number of nitrogens with zero attached hydrogens (tertiary/aromatic N) is 1. The van der Waals surface area contributed by atoms with E-state index in [2.05, 4.69) is 5.32 Å². The maximum atomic E-state index is 12.6. The molecule has 1 spiro atoms. The number of imide groups is 1. The monoisotopic (exact) mass is 358 g/mol. The minimum atomic E-state index is -1.08. The molecule has 0 radical (unpaired) electrons. The molecular formula is C15H16Cl2N2O4. The average molecular weight is 359 g/mol. The van der Waals surface area contributed by atoms with Gasteiger partial charge in [-0.05, 0) is 12.1 Å². The number of amides is 3. The van der Waals surface area contributed by atoms with Crippen molar-refractivity contribution in [3.63, 3.8) is 0 Å². The molecular weight excluding hydrogens is 343 g/mol. The Bertz CT molecular complexity index is 646. The first-order valence-corrected chi connectivity index (χ1v) is 8.03. The van der Waals surface area contributed by atoms with E-state index in [-0.39, 0.29) is 17.5 Å². The van der Waals surface area contributed by atoms with Crippen LogP contribution >= 0.6 is 23.2 Å². The summed E-state index contributed by atoms with van der Waals surface area (Å²) in [7, 11) is 0. The van der Waals surface area contributed by atoms with Gasteiger partial charge >= 0.3 is 6.03 Å². The molecule has 1 unspecified atom stereocenters. The van der Waals surface area contributed by atoms with Crippen LogP contribution in [0.2, 0.25) is 10.0 Å². The second-order valence-corrected chi connectivity index (χ2v) is 6.57. The second-order valence-electron chi connectivity index (χ2n) is 5.72. The summed E-state index contributed by atoms with van der Waals surface area (Å²) in [4.78, 5) is 25.8. The molecule has 0 aliphatic carbocycles. The highest BCUT2D eigenvalue weighted by molar-refractivity contribution is 6.35. The lowest BCUT2D eigenvalue weighted by Crippen LogP contribution is -2.51. The van der Waals surface area contributed by atoms with Crippen LogP contribution in [0.25, 0.3) is 0 Å². The highest BCUT2D eigenvalue weighted by Gasteiger charge is 2.52. The van der Waals surface area contributed by atoms with E-state index in [4.69, 9.17) is 27.9 Å². The van der Waals surface area contributed by atoms with Crippen LogP contribution in [-0.2, 0) is 9.53 Å². The number of carbonyl (C=O) groups excluding carboxylic acids is 2. The van der Waals surface area contributed by atoms with Crippen molar-refractivity contribution in [3.05, 3.63) is 33.8 Å². The Hall–Kier alpha value is -1.34. The molecule has 2 fully saturated rings. The van der Waals surface area contributed by atoms with Crippen LogP contribution in [0.1, 0.15) is 24.5 Å². The summed E-state index contributed by atoms with van der Waals surface area (Å²) in [5, 5.41) is 13.8. The predicted octanol–water partition coefficient (Wildman–Crippen LogP) is 2.13. The summed E-state index contributed by atoms with van der Waals surface area (Å²) in [6.45, 7) is 0.686. The number of benzene rings is 1. The molecule has 3 amide bonds. The van der Waals surface area contributed by atoms with E-state index in [1.807, 2.05) is 0 Å². The minimum absolute atomic E-state index is 0.158. The number of urea groups is 1. The topological polar surface area (TPSA) is 78.9 Å². The fraction of sp³-hybridized carbons (Fsp3) is 0.467. The van der Waals surface area contributed by atoms with Crippen molar-refractivity contribution in [3.8, 4) is 0 Å². The van der Waals surface area contributed by atoms with E-state index in [1.54, 1.807) is 12.1 Å². The number of carbonyl (C=O) groups is 2. The number of hydrogen-bond donors (Lipinski definition) is 2. The van der Waals surface area contributed by atoms with Crippen LogP contribution in [0.4, 0.5) is 4.79 Å². The van der Waals surface area contributed by atoms with Gasteiger partial charge in [-0.15, -0.1) is 0 Å². The summed E-state index contributed by atoms with van der Waals surface area (Å²) in [5.41, 5.74) is -0.483. The number of ether oxygens (including phenoxy) is 1. The molecule has 2 saturated heterocycles. The summed E-state index contributed by atoms with van der Waals surface area (Å²) < 4.78 is 5.25. The molecule has 2 heterocycles. The maximum absolute atomic E-state index is 12.6. The molecule has 1 aromatic rings. The highest BCUT2D eigenvalue weighted by Crippen LogP contribution is 2.31. The molecule has 0 saturated carbocycles. The van der Waals surface area contributed by atoms with Crippen LogP contribution in [-0.4, -0.2) is 47.2 Å². The number of rotatable bonds is 3. The Morgan fingerprint density at radius 2 is 2.00 bits per heavy atom. The summed E-state index contributed by atoms with van der Waals surface area (Å²) in [6, 6.07) is 4.18. The molecule has 8 heteroatoms. The van der Waals surface area contributed by atoms with Crippen LogP contribution in [0.5, 0.6) is 0 Å². The van der Waals surface area contributed by atoms with Gasteiger partial charge in [-0.2, -0.15) is 0 Å². The fourth-order valence-corrected chi connectivity index (χ4v) is 3.48. The lowest BCUT2D eigenvalue weighted by molar-refractivity contribution is -0.135. The normalized spacial score (nSPS) is 21.6. The number of halogens is 2. The molecule has 124 valence electrons. The molecule has 1 atom stereocenters. The molecule has 6 nitrogen and oxygen atoms in total. The molecule has 2 N–H and O–H groups in total. The van der Waals surface area contributed by atoms with E-state index < -0.39 is 17.7 Å². The Balaban J connectivity index is 1.77. The smallest absolute Gasteiger partial charge is 0.325 e. The first-order valence-electron chi connectivity index (χ1n) is 7.28. The van der Waals surface area contributed by atoms with E-state index in [0.29, 0.717) is 36.6 Å². The molecule has 23 heavy (non-hydrogen) atoms. The van der Waals surface area contributed by atoms with Crippen LogP contribution < -0.4 is 5.32 Å². The van der Waals surface area contributed by atoms with Gasteiger partial charge in [0.1, 0.15) is 5.54 Å². The average Bonchev–Trinajstić information content (AvgIpc) is 2.72. The largest absolute Gasteiger partial charge is 0.386 e. The molecule has 1 aromatic carbocycles. The van der Waals surface area contributed by atoms with Crippen LogP contribution in [0.3, 0.4) is 0 Å². The Labute approximate surface area is 143 Å². The van der Waals surface area contributed by atoms with Gasteiger partial charge in [0.25, 0.3) is 5.91 Å². The molecule has 0 aromatic heterocycles. The minimum Gasteiger partial charge on any atom is -0.386 e. The summed E-state index contributed by atoms with van der Waals surface area (Å²) >= 11 is 11.9. The first kappa shape index (κ1) is 16.5. The van der Waals surface area contributed by atoms with E-state index >= 15 is 0 Å². The number of aliphatic hydroxyl groups excluding tert-OH is 1. The van der Waals surface area contributed by atoms with Gasteiger partial charge in [-0.1, -0.05) is 29.3 Å². The quantitative estimate of drug-likeness (QED) is 0.811. The van der Waals surface area contributed by atoms with Gasteiger partial charge in [0.05, 0.1) is 12.6 Å². The first-order chi connectivity index (χ1) is 10.9. The molecule has 0 bridgehead atoms. The van der Waals surface area contributed by atoms with Crippen molar-refractivity contribution in [2.75, 3.05) is 19.8 Å². The van der Waals surface area contributed by atoms with E-state index in [1.165, 1.54) is 6.07 Å². The third-order valence-corrected chi connectivity index (χ3v) is 4.83. The molecule has 2 aliphatic rings. The predicted molar refractivity (Wildman–Crippen MR) is 84.5 cm³/mol. The zero-order valence-electron chi connectivity index (χ0n) is 12.2. The van der Waals surface area contributed by atoms with Gasteiger partial charge in [-0.3, -0.25) is 9.69 Å². The van der Waals surface area contributed by atoms with Crippen molar-refractivity contribution < 1.29 is 19.4 Å². The summed E-state index contributed by atoms with van der Waals surface area (Å²) in [6.07, 6.45) is -0.206. The standard InChI is InChI=1S/C15H16Cl2N2O4/c16-9-1-2-10(11(17)7-9)12(20)8-19-13(21)15(18-14(19)22)3-5-23-6-4-15/h1-2,7,12,20H,3-6,8H2,(H,18,22). The maximum Gasteiger partial charge on any atom is 0.325 e. The van der Waals surface area contributed by atoms with Gasteiger partial charge in [-0.25, -0.2) is 4.79 Å². The number of nitrogens with one attached hydrogen (secondary N) is 1. The Kier molecular flexibility index (Phi) is 4.51. The number of aliphatic hydroxyl groups is 1. The summed E-state index contributed by atoms with van der Waals surface area (Å²) in [5.74, 6) is -0.324. The van der Waals surface area contributed by atoms with Crippen molar-refractivity contribution in [2.24, 2.45) is 0 Å². The fourth-order valence-electron chi connectivity index (χ4n) is 2.94. The van der Waals surface area contributed by atoms with Crippen molar-refractivity contribution in [1.82, 2.24) is 10.2 Å². The van der Waals surface area contributed by atoms with Gasteiger partial charge < -0.3 is 15.2 Å². The zero-order valence-corrected chi connectivity index (χ0v) is 13.7. The lowest BCUT2D eigenvalue weighted by atomic mass is 9.90.